The van der Waals surface area contributed by atoms with Gasteiger partial charge in [-0.2, -0.15) is 9.78 Å². The first-order chi connectivity index (χ1) is 13.5. The molecule has 8 nitrogen and oxygen atoms in total. The number of anilines is 1. The molecule has 4 rings (SSSR count). The van der Waals surface area contributed by atoms with E-state index in [-0.39, 0.29) is 17.0 Å². The molecule has 2 aromatic heterocycles. The number of nitrogens with zero attached hydrogens (tertiary/aromatic N) is 4. The number of aryl methyl sites for hydroxylation is 1. The molecule has 1 unspecified atom stereocenters. The maximum atomic E-state index is 12.5. The highest BCUT2D eigenvalue weighted by Gasteiger charge is 2.33. The van der Waals surface area contributed by atoms with Gasteiger partial charge in [0.1, 0.15) is 5.82 Å². The van der Waals surface area contributed by atoms with Crippen LogP contribution in [-0.2, 0) is 4.79 Å². The quantitative estimate of drug-likeness (QED) is 0.724. The number of nitrogens with one attached hydrogen (secondary N) is 1. The van der Waals surface area contributed by atoms with E-state index in [1.807, 2.05) is 25.1 Å². The number of hydrogen-bond donors (Lipinski definition) is 1. The first-order valence-corrected chi connectivity index (χ1v) is 9.00. The largest absolute Gasteiger partial charge is 0.493 e. The number of hydrogen-bond acceptors (Lipinski definition) is 6. The Morgan fingerprint density at radius 2 is 1.93 bits per heavy atom. The zero-order valence-electron chi connectivity index (χ0n) is 15.6. The van der Waals surface area contributed by atoms with Crippen molar-refractivity contribution in [2.75, 3.05) is 19.5 Å². The number of aromatic nitrogens is 4. The van der Waals surface area contributed by atoms with Crippen LogP contribution >= 0.6 is 11.6 Å². The van der Waals surface area contributed by atoms with Crippen LogP contribution in [0.15, 0.2) is 30.3 Å². The summed E-state index contributed by atoms with van der Waals surface area (Å²) in [6.45, 7) is 1.91. The highest BCUT2D eigenvalue weighted by molar-refractivity contribution is 6.29. The van der Waals surface area contributed by atoms with Gasteiger partial charge in [-0.3, -0.25) is 4.79 Å². The van der Waals surface area contributed by atoms with Crippen LogP contribution in [0, 0.1) is 6.92 Å². The topological polar surface area (TPSA) is 91.2 Å². The average Bonchev–Trinajstić information content (AvgIpc) is 3.03. The molecule has 3 heterocycles. The van der Waals surface area contributed by atoms with E-state index in [2.05, 4.69) is 20.6 Å². The van der Waals surface area contributed by atoms with Gasteiger partial charge in [0.05, 0.1) is 19.9 Å². The summed E-state index contributed by atoms with van der Waals surface area (Å²) in [4.78, 5) is 12.5. The predicted octanol–water partition coefficient (Wildman–Crippen LogP) is 3.12. The summed E-state index contributed by atoms with van der Waals surface area (Å²) in [5, 5.41) is 15.7. The molecule has 0 aliphatic carbocycles. The Kier molecular flexibility index (Phi) is 4.64. The number of rotatable bonds is 4. The van der Waals surface area contributed by atoms with E-state index in [1.54, 1.807) is 31.0 Å². The summed E-state index contributed by atoms with van der Waals surface area (Å²) >= 11 is 5.83. The number of carbonyl (C=O) groups excluding carboxylic acids is 1. The first kappa shape index (κ1) is 18.2. The van der Waals surface area contributed by atoms with Crippen LogP contribution in [-0.4, -0.2) is 40.1 Å². The molecule has 1 aromatic carbocycles. The smallest absolute Gasteiger partial charge is 0.226 e. The van der Waals surface area contributed by atoms with Gasteiger partial charge in [-0.25, -0.2) is 0 Å². The molecule has 1 aliphatic heterocycles. The molecule has 0 bridgehead atoms. The summed E-state index contributed by atoms with van der Waals surface area (Å²) in [5.74, 6) is 2.04. The summed E-state index contributed by atoms with van der Waals surface area (Å²) < 4.78 is 12.3. The van der Waals surface area contributed by atoms with Crippen LogP contribution in [0.2, 0.25) is 5.15 Å². The molecular formula is C19H18ClN5O3. The fraction of sp³-hybridized carbons (Fsp3) is 0.263. The lowest BCUT2D eigenvalue weighted by molar-refractivity contribution is -0.116. The Morgan fingerprint density at radius 1 is 1.14 bits per heavy atom. The Bertz CT molecular complexity index is 1050. The highest BCUT2D eigenvalue weighted by Crippen LogP contribution is 2.42. The molecule has 144 valence electrons. The van der Waals surface area contributed by atoms with Gasteiger partial charge in [0.2, 0.25) is 5.91 Å². The minimum absolute atomic E-state index is 0.102. The SMILES string of the molecule is COc1ccc(C2CC(=O)Nc3c2c(C)nn3-c2ccc(Cl)nn2)cc1OC. The van der Waals surface area contributed by atoms with Gasteiger partial charge < -0.3 is 14.8 Å². The van der Waals surface area contributed by atoms with Gasteiger partial charge in [-0.05, 0) is 36.8 Å². The Balaban J connectivity index is 1.84. The molecule has 1 aliphatic rings. The third-order valence-corrected chi connectivity index (χ3v) is 4.95. The minimum atomic E-state index is -0.169. The lowest BCUT2D eigenvalue weighted by Gasteiger charge is -2.24. The maximum Gasteiger partial charge on any atom is 0.226 e. The Morgan fingerprint density at radius 3 is 2.61 bits per heavy atom. The first-order valence-electron chi connectivity index (χ1n) is 8.62. The van der Waals surface area contributed by atoms with Crippen molar-refractivity contribution < 1.29 is 14.3 Å². The Hall–Kier alpha value is -3.13. The third kappa shape index (κ3) is 3.05. The third-order valence-electron chi connectivity index (χ3n) is 4.75. The van der Waals surface area contributed by atoms with E-state index in [0.29, 0.717) is 29.6 Å². The van der Waals surface area contributed by atoms with E-state index in [9.17, 15) is 4.79 Å². The standard InChI is InChI=1S/C19H18ClN5O3/c1-10-18-12(11-4-5-13(27-2)14(8-11)28-3)9-17(26)21-19(18)25(24-10)16-7-6-15(20)22-23-16/h4-8,12H,9H2,1-3H3,(H,21,26). The molecule has 3 aromatic rings. The molecule has 1 atom stereocenters. The molecule has 0 saturated heterocycles. The predicted molar refractivity (Wildman–Crippen MR) is 104 cm³/mol. The van der Waals surface area contributed by atoms with Crippen LogP contribution in [0.1, 0.15) is 29.2 Å². The number of halogens is 1. The number of fused-ring (bicyclic) bond motifs is 1. The lowest BCUT2D eigenvalue weighted by Crippen LogP contribution is -2.25. The second-order valence-corrected chi connectivity index (χ2v) is 6.78. The summed E-state index contributed by atoms with van der Waals surface area (Å²) in [6, 6.07) is 9.00. The number of benzene rings is 1. The number of amides is 1. The molecule has 0 radical (unpaired) electrons. The normalized spacial score (nSPS) is 15.7. The molecule has 0 saturated carbocycles. The summed E-state index contributed by atoms with van der Waals surface area (Å²) in [7, 11) is 3.17. The molecule has 1 N–H and O–H groups in total. The monoisotopic (exact) mass is 399 g/mol. The van der Waals surface area contributed by atoms with Crippen molar-refractivity contribution in [1.29, 1.82) is 0 Å². The second kappa shape index (κ2) is 7.12. The van der Waals surface area contributed by atoms with Crippen molar-refractivity contribution in [3.05, 3.63) is 52.3 Å². The molecule has 1 amide bonds. The van der Waals surface area contributed by atoms with Crippen molar-refractivity contribution >= 4 is 23.3 Å². The van der Waals surface area contributed by atoms with Crippen molar-refractivity contribution in [3.8, 4) is 17.3 Å². The molecule has 0 fully saturated rings. The van der Waals surface area contributed by atoms with Crippen LogP contribution < -0.4 is 14.8 Å². The zero-order chi connectivity index (χ0) is 19.8. The van der Waals surface area contributed by atoms with Gasteiger partial charge in [-0.15, -0.1) is 10.2 Å². The zero-order valence-corrected chi connectivity index (χ0v) is 16.3. The molecule has 9 heteroatoms. The van der Waals surface area contributed by atoms with E-state index in [4.69, 9.17) is 21.1 Å². The maximum absolute atomic E-state index is 12.5. The van der Waals surface area contributed by atoms with Crippen molar-refractivity contribution in [1.82, 2.24) is 20.0 Å². The van der Waals surface area contributed by atoms with Crippen LogP contribution in [0.4, 0.5) is 5.82 Å². The molecule has 28 heavy (non-hydrogen) atoms. The van der Waals surface area contributed by atoms with Gasteiger partial charge in [0.25, 0.3) is 0 Å². The average molecular weight is 400 g/mol. The van der Waals surface area contributed by atoms with Crippen LogP contribution in [0.5, 0.6) is 11.5 Å². The number of carbonyl (C=O) groups is 1. The van der Waals surface area contributed by atoms with Crippen molar-refractivity contribution in [2.24, 2.45) is 0 Å². The second-order valence-electron chi connectivity index (χ2n) is 6.39. The van der Waals surface area contributed by atoms with Crippen LogP contribution in [0.25, 0.3) is 5.82 Å². The van der Waals surface area contributed by atoms with Crippen molar-refractivity contribution in [2.45, 2.75) is 19.3 Å². The van der Waals surface area contributed by atoms with E-state index in [1.165, 1.54) is 0 Å². The summed E-state index contributed by atoms with van der Waals surface area (Å²) in [6.07, 6.45) is 0.307. The number of methoxy groups -OCH3 is 2. The van der Waals surface area contributed by atoms with E-state index < -0.39 is 0 Å². The molecular weight excluding hydrogens is 382 g/mol. The van der Waals surface area contributed by atoms with Gasteiger partial charge in [0, 0.05) is 17.9 Å². The minimum Gasteiger partial charge on any atom is -0.493 e. The fourth-order valence-electron chi connectivity index (χ4n) is 3.49. The van der Waals surface area contributed by atoms with Gasteiger partial charge >= 0.3 is 0 Å². The van der Waals surface area contributed by atoms with Crippen LogP contribution in [0.3, 0.4) is 0 Å². The lowest BCUT2D eigenvalue weighted by atomic mass is 9.85. The summed E-state index contributed by atoms with van der Waals surface area (Å²) in [5.41, 5.74) is 2.67. The van der Waals surface area contributed by atoms with Gasteiger partial charge in [-0.1, -0.05) is 17.7 Å². The molecule has 0 spiro atoms. The van der Waals surface area contributed by atoms with Gasteiger partial charge in [0.15, 0.2) is 22.5 Å². The fourth-order valence-corrected chi connectivity index (χ4v) is 3.59. The Labute approximate surface area is 166 Å². The van der Waals surface area contributed by atoms with E-state index >= 15 is 0 Å². The van der Waals surface area contributed by atoms with Crippen molar-refractivity contribution in [3.63, 3.8) is 0 Å². The van der Waals surface area contributed by atoms with E-state index in [0.717, 1.165) is 16.8 Å². The highest BCUT2D eigenvalue weighted by atomic mass is 35.5. The number of ether oxygens (including phenoxy) is 2.